The number of nitrogens with one attached hydrogen (secondary N) is 1. The van der Waals surface area contributed by atoms with Gasteiger partial charge in [-0.3, -0.25) is 4.79 Å². The molecule has 2 saturated carbocycles. The van der Waals surface area contributed by atoms with E-state index in [2.05, 4.69) is 5.32 Å². The summed E-state index contributed by atoms with van der Waals surface area (Å²) >= 11 is 0. The first-order valence-electron chi connectivity index (χ1n) is 4.33. The molecule has 0 bridgehead atoms. The first kappa shape index (κ1) is 7.10. The Bertz CT molecular complexity index is 177. The van der Waals surface area contributed by atoms with Crippen LogP contribution in [0.1, 0.15) is 25.7 Å². The molecule has 2 aliphatic rings. The maximum atomic E-state index is 11.2. The number of amides is 1. The second-order valence-electron chi connectivity index (χ2n) is 3.64. The van der Waals surface area contributed by atoms with Crippen LogP contribution in [0.4, 0.5) is 0 Å². The van der Waals surface area contributed by atoms with Gasteiger partial charge in [0.1, 0.15) is 0 Å². The van der Waals surface area contributed by atoms with Crippen molar-refractivity contribution in [3.05, 3.63) is 0 Å². The van der Waals surface area contributed by atoms with Gasteiger partial charge in [-0.25, -0.2) is 0 Å². The van der Waals surface area contributed by atoms with Gasteiger partial charge in [0.2, 0.25) is 5.91 Å². The molecule has 0 aromatic carbocycles. The molecule has 3 N–H and O–H groups in total. The van der Waals surface area contributed by atoms with Crippen molar-refractivity contribution < 1.29 is 4.79 Å². The molecule has 2 rings (SSSR count). The van der Waals surface area contributed by atoms with Crippen molar-refractivity contribution in [2.75, 3.05) is 0 Å². The third-order valence-corrected chi connectivity index (χ3v) is 2.63. The quantitative estimate of drug-likeness (QED) is 0.588. The Labute approximate surface area is 66.3 Å². The van der Waals surface area contributed by atoms with Crippen molar-refractivity contribution in [1.82, 2.24) is 5.32 Å². The number of nitrogens with two attached hydrogens (primary N) is 1. The third kappa shape index (κ3) is 1.38. The van der Waals surface area contributed by atoms with E-state index in [4.69, 9.17) is 5.73 Å². The lowest BCUT2D eigenvalue weighted by Crippen LogP contribution is -2.41. The molecule has 2 fully saturated rings. The lowest BCUT2D eigenvalue weighted by molar-refractivity contribution is -0.123. The molecule has 3 heteroatoms. The molecule has 62 valence electrons. The fourth-order valence-electron chi connectivity index (χ4n) is 1.38. The molecule has 0 radical (unpaired) electrons. The van der Waals surface area contributed by atoms with Gasteiger partial charge in [-0.1, -0.05) is 0 Å². The topological polar surface area (TPSA) is 55.1 Å². The van der Waals surface area contributed by atoms with Gasteiger partial charge in [-0.05, 0) is 25.7 Å². The van der Waals surface area contributed by atoms with E-state index in [9.17, 15) is 4.79 Å². The fourth-order valence-corrected chi connectivity index (χ4v) is 1.38. The van der Waals surface area contributed by atoms with E-state index in [1.54, 1.807) is 0 Å². The first-order valence-corrected chi connectivity index (χ1v) is 4.33. The highest BCUT2D eigenvalue weighted by Gasteiger charge is 2.40. The van der Waals surface area contributed by atoms with Crippen LogP contribution in [-0.4, -0.2) is 18.0 Å². The smallest absolute Gasteiger partial charge is 0.224 e. The van der Waals surface area contributed by atoms with Gasteiger partial charge >= 0.3 is 0 Å². The summed E-state index contributed by atoms with van der Waals surface area (Å²) in [7, 11) is 0. The van der Waals surface area contributed by atoms with Crippen LogP contribution in [-0.2, 0) is 4.79 Å². The first-order chi connectivity index (χ1) is 5.27. The Morgan fingerprint density at radius 3 is 2.45 bits per heavy atom. The third-order valence-electron chi connectivity index (χ3n) is 2.63. The average molecular weight is 154 g/mol. The lowest BCUT2D eigenvalue weighted by Gasteiger charge is -2.26. The summed E-state index contributed by atoms with van der Waals surface area (Å²) in [5.74, 6) is 0.317. The number of carbonyl (C=O) groups excluding carboxylic acids is 1. The maximum Gasteiger partial charge on any atom is 0.224 e. The SMILES string of the molecule is NC1CC1C(=O)NC1CCC1. The molecule has 2 aliphatic carbocycles. The number of rotatable bonds is 2. The molecule has 11 heavy (non-hydrogen) atoms. The van der Waals surface area contributed by atoms with Crippen LogP contribution in [0.5, 0.6) is 0 Å². The summed E-state index contributed by atoms with van der Waals surface area (Å²) in [5.41, 5.74) is 5.54. The molecule has 0 aromatic rings. The maximum absolute atomic E-state index is 11.2. The van der Waals surface area contributed by atoms with Gasteiger partial charge in [0.05, 0.1) is 5.92 Å². The minimum atomic E-state index is 0.135. The number of hydrogen-bond acceptors (Lipinski definition) is 2. The van der Waals surface area contributed by atoms with Crippen molar-refractivity contribution in [1.29, 1.82) is 0 Å². The minimum Gasteiger partial charge on any atom is -0.353 e. The average Bonchev–Trinajstić information content (AvgIpc) is 2.57. The molecule has 0 heterocycles. The van der Waals surface area contributed by atoms with Crippen LogP contribution in [0, 0.1) is 5.92 Å². The van der Waals surface area contributed by atoms with Crippen molar-refractivity contribution in [2.45, 2.75) is 37.8 Å². The molecule has 0 saturated heterocycles. The molecule has 3 nitrogen and oxygen atoms in total. The zero-order valence-corrected chi connectivity index (χ0v) is 6.55. The fraction of sp³-hybridized carbons (Fsp3) is 0.875. The molecule has 0 aromatic heterocycles. The largest absolute Gasteiger partial charge is 0.353 e. The van der Waals surface area contributed by atoms with E-state index in [-0.39, 0.29) is 17.9 Å². The Balaban J connectivity index is 1.73. The molecular formula is C8H14N2O. The molecule has 1 amide bonds. The van der Waals surface area contributed by atoms with E-state index in [0.717, 1.165) is 19.3 Å². The predicted octanol–water partition coefficient (Wildman–Crippen LogP) is 0.00230. The monoisotopic (exact) mass is 154 g/mol. The van der Waals surface area contributed by atoms with Crippen molar-refractivity contribution in [3.63, 3.8) is 0 Å². The summed E-state index contributed by atoms with van der Waals surface area (Å²) < 4.78 is 0. The van der Waals surface area contributed by atoms with Crippen LogP contribution in [0.3, 0.4) is 0 Å². The standard InChI is InChI=1S/C8H14N2O/c9-7-4-6(7)8(11)10-5-2-1-3-5/h5-7H,1-4,9H2,(H,10,11). The van der Waals surface area contributed by atoms with Gasteiger partial charge in [0, 0.05) is 12.1 Å². The zero-order chi connectivity index (χ0) is 7.84. The van der Waals surface area contributed by atoms with Crippen LogP contribution >= 0.6 is 0 Å². The van der Waals surface area contributed by atoms with Gasteiger partial charge in [0.25, 0.3) is 0 Å². The molecule has 2 unspecified atom stereocenters. The Morgan fingerprint density at radius 2 is 2.09 bits per heavy atom. The Kier molecular flexibility index (Phi) is 1.60. The highest BCUT2D eigenvalue weighted by molar-refractivity contribution is 5.82. The summed E-state index contributed by atoms with van der Waals surface area (Å²) in [6, 6.07) is 0.616. The Morgan fingerprint density at radius 1 is 1.45 bits per heavy atom. The van der Waals surface area contributed by atoms with E-state index < -0.39 is 0 Å². The highest BCUT2D eigenvalue weighted by atomic mass is 16.2. The highest BCUT2D eigenvalue weighted by Crippen LogP contribution is 2.29. The van der Waals surface area contributed by atoms with Crippen LogP contribution in [0.15, 0.2) is 0 Å². The van der Waals surface area contributed by atoms with Crippen molar-refractivity contribution in [2.24, 2.45) is 11.7 Å². The zero-order valence-electron chi connectivity index (χ0n) is 6.55. The van der Waals surface area contributed by atoms with Gasteiger partial charge in [-0.15, -0.1) is 0 Å². The van der Waals surface area contributed by atoms with Crippen LogP contribution < -0.4 is 11.1 Å². The van der Waals surface area contributed by atoms with Crippen LogP contribution in [0.25, 0.3) is 0 Å². The van der Waals surface area contributed by atoms with E-state index >= 15 is 0 Å². The molecule has 0 spiro atoms. The second-order valence-corrected chi connectivity index (χ2v) is 3.64. The minimum absolute atomic E-state index is 0.135. The summed E-state index contributed by atoms with van der Waals surface area (Å²) in [6.45, 7) is 0. The molecule has 2 atom stereocenters. The van der Waals surface area contributed by atoms with Crippen LogP contribution in [0.2, 0.25) is 0 Å². The normalized spacial score (nSPS) is 36.1. The second kappa shape index (κ2) is 2.48. The number of carbonyl (C=O) groups is 1. The van der Waals surface area contributed by atoms with E-state index in [1.807, 2.05) is 0 Å². The van der Waals surface area contributed by atoms with E-state index in [1.165, 1.54) is 6.42 Å². The molecule has 0 aliphatic heterocycles. The predicted molar refractivity (Wildman–Crippen MR) is 41.9 cm³/mol. The summed E-state index contributed by atoms with van der Waals surface area (Å²) in [4.78, 5) is 11.2. The number of hydrogen-bond donors (Lipinski definition) is 2. The van der Waals surface area contributed by atoms with Crippen molar-refractivity contribution in [3.8, 4) is 0 Å². The summed E-state index contributed by atoms with van der Waals surface area (Å²) in [5, 5.41) is 2.99. The van der Waals surface area contributed by atoms with Gasteiger partial charge in [-0.2, -0.15) is 0 Å². The van der Waals surface area contributed by atoms with E-state index in [0.29, 0.717) is 6.04 Å². The van der Waals surface area contributed by atoms with Gasteiger partial charge < -0.3 is 11.1 Å². The summed E-state index contributed by atoms with van der Waals surface area (Å²) in [6.07, 6.45) is 4.47. The lowest BCUT2D eigenvalue weighted by atomic mass is 9.93. The molecular weight excluding hydrogens is 140 g/mol. The van der Waals surface area contributed by atoms with Crippen molar-refractivity contribution >= 4 is 5.91 Å². The Hall–Kier alpha value is -0.570. The van der Waals surface area contributed by atoms with Gasteiger partial charge in [0.15, 0.2) is 0 Å².